The highest BCUT2D eigenvalue weighted by Gasteiger charge is 2.20. The Labute approximate surface area is 116 Å². The number of nitrogens with zero attached hydrogens (tertiary/aromatic N) is 3. The second-order valence-corrected chi connectivity index (χ2v) is 3.88. The number of benzene rings is 1. The first-order valence-electron chi connectivity index (χ1n) is 5.52. The van der Waals surface area contributed by atoms with Gasteiger partial charge in [0.05, 0.1) is 16.2 Å². The van der Waals surface area contributed by atoms with Gasteiger partial charge in [-0.2, -0.15) is 4.98 Å². The summed E-state index contributed by atoms with van der Waals surface area (Å²) in [6, 6.07) is 3.04. The van der Waals surface area contributed by atoms with E-state index in [0.717, 1.165) is 18.2 Å². The lowest BCUT2D eigenvalue weighted by molar-refractivity contribution is -0.384. The molecule has 0 fully saturated rings. The van der Waals surface area contributed by atoms with Crippen molar-refractivity contribution >= 4 is 23.3 Å². The predicted octanol–water partition coefficient (Wildman–Crippen LogP) is 1.24. The first-order chi connectivity index (χ1) is 9.88. The van der Waals surface area contributed by atoms with Crippen molar-refractivity contribution in [2.75, 3.05) is 5.32 Å². The number of aryl methyl sites for hydroxylation is 1. The normalized spacial score (nSPS) is 10.1. The molecule has 0 aliphatic rings. The fraction of sp³-hybridized carbons (Fsp3) is 0.0909. The van der Waals surface area contributed by atoms with Gasteiger partial charge in [0.1, 0.15) is 0 Å². The van der Waals surface area contributed by atoms with E-state index in [9.17, 15) is 19.7 Å². The average molecular weight is 292 g/mol. The van der Waals surface area contributed by atoms with Crippen LogP contribution in [0.3, 0.4) is 0 Å². The summed E-state index contributed by atoms with van der Waals surface area (Å²) in [5.41, 5.74) is -0.931. The number of nitro groups is 1. The fourth-order valence-corrected chi connectivity index (χ4v) is 1.50. The zero-order valence-corrected chi connectivity index (χ0v) is 10.6. The Morgan fingerprint density at radius 1 is 1.43 bits per heavy atom. The van der Waals surface area contributed by atoms with Crippen molar-refractivity contribution in [2.24, 2.45) is 0 Å². The van der Waals surface area contributed by atoms with Gasteiger partial charge in [0.25, 0.3) is 17.4 Å². The van der Waals surface area contributed by atoms with Crippen LogP contribution in [0.4, 0.5) is 11.4 Å². The van der Waals surface area contributed by atoms with Gasteiger partial charge in [-0.1, -0.05) is 5.16 Å². The van der Waals surface area contributed by atoms with E-state index in [1.807, 2.05) is 0 Å². The molecule has 2 aromatic rings. The smallest absolute Gasteiger partial charge is 0.338 e. The number of rotatable bonds is 4. The highest BCUT2D eigenvalue weighted by molar-refractivity contribution is 6.06. The highest BCUT2D eigenvalue weighted by atomic mass is 16.6. The summed E-state index contributed by atoms with van der Waals surface area (Å²) in [5, 5.41) is 25.3. The van der Waals surface area contributed by atoms with Crippen LogP contribution in [0.15, 0.2) is 22.7 Å². The molecule has 0 unspecified atom stereocenters. The Hall–Kier alpha value is -3.30. The van der Waals surface area contributed by atoms with Crippen LogP contribution in [0, 0.1) is 17.0 Å². The van der Waals surface area contributed by atoms with Gasteiger partial charge < -0.3 is 14.9 Å². The van der Waals surface area contributed by atoms with E-state index in [0.29, 0.717) is 0 Å². The molecule has 0 aliphatic carbocycles. The monoisotopic (exact) mass is 292 g/mol. The molecule has 21 heavy (non-hydrogen) atoms. The molecule has 2 rings (SSSR count). The molecule has 0 bridgehead atoms. The van der Waals surface area contributed by atoms with Crippen molar-refractivity contribution in [3.8, 4) is 0 Å². The van der Waals surface area contributed by atoms with Crippen molar-refractivity contribution in [1.82, 2.24) is 10.1 Å². The van der Waals surface area contributed by atoms with Crippen LogP contribution < -0.4 is 5.32 Å². The van der Waals surface area contributed by atoms with Gasteiger partial charge >= 0.3 is 5.97 Å². The molecule has 0 saturated heterocycles. The van der Waals surface area contributed by atoms with Crippen LogP contribution in [-0.4, -0.2) is 32.0 Å². The molecule has 0 spiro atoms. The Bertz CT molecular complexity index is 738. The number of aromatic carboxylic acids is 1. The molecule has 0 radical (unpaired) electrons. The van der Waals surface area contributed by atoms with Crippen LogP contribution in [0.5, 0.6) is 0 Å². The minimum atomic E-state index is -1.42. The number of hydrogen-bond acceptors (Lipinski definition) is 7. The first kappa shape index (κ1) is 14.1. The standard InChI is InChI=1S/C11H8N4O6/c1-5-12-9(14-21-5)10(16)13-8-3-2-6(15(19)20)4-7(8)11(17)18/h2-4H,1H3,(H,13,16)(H,17,18). The van der Waals surface area contributed by atoms with E-state index in [4.69, 9.17) is 5.11 Å². The molecule has 2 N–H and O–H groups in total. The van der Waals surface area contributed by atoms with E-state index >= 15 is 0 Å². The van der Waals surface area contributed by atoms with Gasteiger partial charge in [-0.3, -0.25) is 14.9 Å². The molecule has 1 amide bonds. The summed E-state index contributed by atoms with van der Waals surface area (Å²) in [7, 11) is 0. The number of carbonyl (C=O) groups excluding carboxylic acids is 1. The summed E-state index contributed by atoms with van der Waals surface area (Å²) >= 11 is 0. The Morgan fingerprint density at radius 3 is 2.67 bits per heavy atom. The van der Waals surface area contributed by atoms with Gasteiger partial charge in [-0.25, -0.2) is 4.79 Å². The summed E-state index contributed by atoms with van der Waals surface area (Å²) in [6.45, 7) is 1.48. The molecule has 1 aromatic heterocycles. The SMILES string of the molecule is Cc1nc(C(=O)Nc2ccc([N+](=O)[O-])cc2C(=O)O)no1. The van der Waals surface area contributed by atoms with Crippen molar-refractivity contribution < 1.29 is 24.1 Å². The number of nitro benzene ring substituents is 1. The van der Waals surface area contributed by atoms with E-state index in [1.165, 1.54) is 6.92 Å². The Kier molecular flexibility index (Phi) is 3.61. The molecular weight excluding hydrogens is 284 g/mol. The number of amides is 1. The summed E-state index contributed by atoms with van der Waals surface area (Å²) in [6.07, 6.45) is 0. The second kappa shape index (κ2) is 5.36. The van der Waals surface area contributed by atoms with Gasteiger partial charge in [0.15, 0.2) is 0 Å². The van der Waals surface area contributed by atoms with Crippen molar-refractivity contribution in [1.29, 1.82) is 0 Å². The van der Waals surface area contributed by atoms with Gasteiger partial charge in [-0.15, -0.1) is 0 Å². The van der Waals surface area contributed by atoms with Crippen LogP contribution in [-0.2, 0) is 0 Å². The minimum Gasteiger partial charge on any atom is -0.478 e. The maximum absolute atomic E-state index is 11.8. The lowest BCUT2D eigenvalue weighted by atomic mass is 10.1. The fourth-order valence-electron chi connectivity index (χ4n) is 1.50. The molecule has 1 heterocycles. The van der Waals surface area contributed by atoms with Crippen LogP contribution in [0.2, 0.25) is 0 Å². The van der Waals surface area contributed by atoms with E-state index < -0.39 is 28.1 Å². The number of aromatic nitrogens is 2. The lowest BCUT2D eigenvalue weighted by Gasteiger charge is -2.06. The van der Waals surface area contributed by atoms with Crippen LogP contribution in [0.1, 0.15) is 26.9 Å². The average Bonchev–Trinajstić information content (AvgIpc) is 2.85. The highest BCUT2D eigenvalue weighted by Crippen LogP contribution is 2.22. The van der Waals surface area contributed by atoms with Gasteiger partial charge in [0, 0.05) is 19.1 Å². The molecule has 0 saturated carbocycles. The third-order valence-electron chi connectivity index (χ3n) is 2.42. The molecular formula is C11H8N4O6. The lowest BCUT2D eigenvalue weighted by Crippen LogP contribution is -2.16. The number of nitrogens with one attached hydrogen (secondary N) is 1. The van der Waals surface area contributed by atoms with Crippen molar-refractivity contribution in [2.45, 2.75) is 6.92 Å². The Morgan fingerprint density at radius 2 is 2.14 bits per heavy atom. The molecule has 108 valence electrons. The number of non-ortho nitro benzene ring substituents is 1. The van der Waals surface area contributed by atoms with E-state index in [1.54, 1.807) is 0 Å². The van der Waals surface area contributed by atoms with Crippen molar-refractivity contribution in [3.63, 3.8) is 0 Å². The maximum atomic E-state index is 11.8. The maximum Gasteiger partial charge on any atom is 0.338 e. The zero-order chi connectivity index (χ0) is 15.6. The zero-order valence-electron chi connectivity index (χ0n) is 10.6. The minimum absolute atomic E-state index is 0.111. The predicted molar refractivity (Wildman–Crippen MR) is 67.0 cm³/mol. The Balaban J connectivity index is 2.33. The van der Waals surface area contributed by atoms with Gasteiger partial charge in [0.2, 0.25) is 5.89 Å². The summed E-state index contributed by atoms with van der Waals surface area (Å²) in [4.78, 5) is 36.5. The van der Waals surface area contributed by atoms with E-state index in [2.05, 4.69) is 20.0 Å². The first-order valence-corrected chi connectivity index (χ1v) is 5.52. The number of hydrogen-bond donors (Lipinski definition) is 2. The largest absolute Gasteiger partial charge is 0.478 e. The van der Waals surface area contributed by atoms with Crippen LogP contribution >= 0.6 is 0 Å². The number of carboxylic acid groups (broad SMARTS) is 1. The summed E-state index contributed by atoms with van der Waals surface area (Å²) in [5.74, 6) is -2.31. The molecule has 10 nitrogen and oxygen atoms in total. The molecule has 1 aromatic carbocycles. The van der Waals surface area contributed by atoms with Crippen molar-refractivity contribution in [3.05, 3.63) is 45.6 Å². The molecule has 0 aliphatic heterocycles. The summed E-state index contributed by atoms with van der Waals surface area (Å²) < 4.78 is 4.62. The molecule has 10 heteroatoms. The number of anilines is 1. The third-order valence-corrected chi connectivity index (χ3v) is 2.42. The number of carboxylic acids is 1. The topological polar surface area (TPSA) is 148 Å². The van der Waals surface area contributed by atoms with E-state index in [-0.39, 0.29) is 17.4 Å². The molecule has 0 atom stereocenters. The quantitative estimate of drug-likeness (QED) is 0.631. The number of carbonyl (C=O) groups is 2. The third kappa shape index (κ3) is 3.00. The second-order valence-electron chi connectivity index (χ2n) is 3.88. The van der Waals surface area contributed by atoms with Crippen LogP contribution in [0.25, 0.3) is 0 Å². The van der Waals surface area contributed by atoms with Gasteiger partial charge in [-0.05, 0) is 6.07 Å².